The zero-order valence-electron chi connectivity index (χ0n) is 14.4. The van der Waals surface area contributed by atoms with Crippen molar-refractivity contribution >= 4 is 11.8 Å². The Labute approximate surface area is 137 Å². The van der Waals surface area contributed by atoms with E-state index in [1.165, 1.54) is 5.69 Å². The van der Waals surface area contributed by atoms with Gasteiger partial charge < -0.3 is 9.80 Å². The molecule has 23 heavy (non-hydrogen) atoms. The Morgan fingerprint density at radius 3 is 2.48 bits per heavy atom. The van der Waals surface area contributed by atoms with Gasteiger partial charge in [0.2, 0.25) is 5.95 Å². The molecule has 3 rings (SSSR count). The van der Waals surface area contributed by atoms with E-state index in [1.807, 2.05) is 49.9 Å². The molecule has 1 fully saturated rings. The lowest BCUT2D eigenvalue weighted by molar-refractivity contribution is 0.242. The van der Waals surface area contributed by atoms with E-state index in [0.29, 0.717) is 0 Å². The third-order valence-electron chi connectivity index (χ3n) is 4.25. The van der Waals surface area contributed by atoms with Crippen molar-refractivity contribution in [2.75, 3.05) is 50.1 Å². The van der Waals surface area contributed by atoms with Crippen LogP contribution < -0.4 is 9.80 Å². The molecule has 2 aromatic rings. The number of anilines is 2. The summed E-state index contributed by atoms with van der Waals surface area (Å²) in [6.07, 6.45) is 1.86. The number of aryl methyl sites for hydroxylation is 2. The van der Waals surface area contributed by atoms with Crippen molar-refractivity contribution in [1.82, 2.24) is 24.6 Å². The predicted octanol–water partition coefficient (Wildman–Crippen LogP) is 0.907. The van der Waals surface area contributed by atoms with Gasteiger partial charge in [0.15, 0.2) is 0 Å². The van der Waals surface area contributed by atoms with Gasteiger partial charge in [0.1, 0.15) is 5.82 Å². The topological polar surface area (TPSA) is 53.3 Å². The van der Waals surface area contributed by atoms with E-state index >= 15 is 0 Å². The number of nitrogens with zero attached hydrogens (tertiary/aromatic N) is 7. The Kier molecular flexibility index (Phi) is 4.47. The average Bonchev–Trinajstić information content (AvgIpc) is 2.92. The minimum absolute atomic E-state index is 0.842. The third kappa shape index (κ3) is 3.61. The minimum Gasteiger partial charge on any atom is -0.363 e. The quantitative estimate of drug-likeness (QED) is 0.836. The molecule has 0 radical (unpaired) electrons. The van der Waals surface area contributed by atoms with E-state index in [4.69, 9.17) is 0 Å². The first-order valence-electron chi connectivity index (χ1n) is 8.00. The Bertz CT molecular complexity index is 656. The molecule has 7 nitrogen and oxygen atoms in total. The first kappa shape index (κ1) is 15.7. The zero-order chi connectivity index (χ0) is 16.4. The summed E-state index contributed by atoms with van der Waals surface area (Å²) >= 11 is 0. The smallest absolute Gasteiger partial charge is 0.227 e. The molecule has 7 heteroatoms. The van der Waals surface area contributed by atoms with Gasteiger partial charge in [-0.05, 0) is 13.0 Å². The standard InChI is InChI=1S/C16H25N7/c1-13-11-15(20(2)3)19-16(18-13)23-9-7-22(8-10-23)12-14-5-6-17-21(14)4/h5-6,11H,7-10,12H2,1-4H3. The van der Waals surface area contributed by atoms with Gasteiger partial charge in [-0.1, -0.05) is 0 Å². The highest BCUT2D eigenvalue weighted by molar-refractivity contribution is 5.45. The van der Waals surface area contributed by atoms with E-state index < -0.39 is 0 Å². The minimum atomic E-state index is 0.842. The Balaban J connectivity index is 1.64. The highest BCUT2D eigenvalue weighted by Gasteiger charge is 2.20. The fourth-order valence-electron chi connectivity index (χ4n) is 2.80. The first-order chi connectivity index (χ1) is 11.0. The van der Waals surface area contributed by atoms with Crippen molar-refractivity contribution in [3.8, 4) is 0 Å². The largest absolute Gasteiger partial charge is 0.363 e. The SMILES string of the molecule is Cc1cc(N(C)C)nc(N2CCN(Cc3ccnn3C)CC2)n1. The molecule has 2 aromatic heterocycles. The summed E-state index contributed by atoms with van der Waals surface area (Å²) in [4.78, 5) is 16.0. The number of rotatable bonds is 4. The van der Waals surface area contributed by atoms with Gasteiger partial charge in [0.25, 0.3) is 0 Å². The Hall–Kier alpha value is -2.15. The summed E-state index contributed by atoms with van der Waals surface area (Å²) in [5, 5.41) is 4.24. The van der Waals surface area contributed by atoms with Crippen LogP contribution in [-0.2, 0) is 13.6 Å². The molecule has 1 aliphatic rings. The predicted molar refractivity (Wildman–Crippen MR) is 91.8 cm³/mol. The van der Waals surface area contributed by atoms with Crippen LogP contribution in [0.4, 0.5) is 11.8 Å². The Morgan fingerprint density at radius 1 is 1.13 bits per heavy atom. The lowest BCUT2D eigenvalue weighted by Gasteiger charge is -2.35. The van der Waals surface area contributed by atoms with E-state index in [9.17, 15) is 0 Å². The van der Waals surface area contributed by atoms with Crippen LogP contribution in [0.5, 0.6) is 0 Å². The fourth-order valence-corrected chi connectivity index (χ4v) is 2.80. The monoisotopic (exact) mass is 315 g/mol. The second-order valence-electron chi connectivity index (χ2n) is 6.27. The highest BCUT2D eigenvalue weighted by atomic mass is 15.3. The molecule has 1 aliphatic heterocycles. The number of hydrogen-bond acceptors (Lipinski definition) is 6. The van der Waals surface area contributed by atoms with E-state index in [2.05, 4.69) is 30.9 Å². The maximum absolute atomic E-state index is 4.68. The number of aromatic nitrogens is 4. The van der Waals surface area contributed by atoms with Gasteiger partial charge in [-0.3, -0.25) is 9.58 Å². The second kappa shape index (κ2) is 6.54. The maximum Gasteiger partial charge on any atom is 0.227 e. The van der Waals surface area contributed by atoms with Crippen LogP contribution in [0.2, 0.25) is 0 Å². The highest BCUT2D eigenvalue weighted by Crippen LogP contribution is 2.17. The van der Waals surface area contributed by atoms with Crippen molar-refractivity contribution in [2.45, 2.75) is 13.5 Å². The van der Waals surface area contributed by atoms with Crippen LogP contribution in [0.25, 0.3) is 0 Å². The molecule has 0 aliphatic carbocycles. The van der Waals surface area contributed by atoms with Crippen molar-refractivity contribution in [3.05, 3.63) is 29.7 Å². The molecular weight excluding hydrogens is 290 g/mol. The van der Waals surface area contributed by atoms with Gasteiger partial charge in [0, 0.05) is 71.8 Å². The molecule has 0 saturated carbocycles. The lowest BCUT2D eigenvalue weighted by Crippen LogP contribution is -2.46. The fraction of sp³-hybridized carbons (Fsp3) is 0.562. The van der Waals surface area contributed by atoms with E-state index in [1.54, 1.807) is 0 Å². The molecule has 0 aromatic carbocycles. The lowest BCUT2D eigenvalue weighted by atomic mass is 10.3. The van der Waals surface area contributed by atoms with Gasteiger partial charge >= 0.3 is 0 Å². The van der Waals surface area contributed by atoms with Gasteiger partial charge in [-0.15, -0.1) is 0 Å². The van der Waals surface area contributed by atoms with Crippen molar-refractivity contribution < 1.29 is 0 Å². The molecule has 3 heterocycles. The summed E-state index contributed by atoms with van der Waals surface area (Å²) in [6, 6.07) is 4.10. The van der Waals surface area contributed by atoms with Crippen LogP contribution in [0.3, 0.4) is 0 Å². The van der Waals surface area contributed by atoms with Crippen molar-refractivity contribution in [1.29, 1.82) is 0 Å². The summed E-state index contributed by atoms with van der Waals surface area (Å²) in [5.74, 6) is 1.80. The summed E-state index contributed by atoms with van der Waals surface area (Å²) < 4.78 is 1.94. The first-order valence-corrected chi connectivity index (χ1v) is 8.00. The third-order valence-corrected chi connectivity index (χ3v) is 4.25. The molecule has 0 N–H and O–H groups in total. The number of piperazine rings is 1. The number of hydrogen-bond donors (Lipinski definition) is 0. The molecule has 0 atom stereocenters. The second-order valence-corrected chi connectivity index (χ2v) is 6.27. The molecule has 124 valence electrons. The molecular formula is C16H25N7. The molecule has 0 bridgehead atoms. The maximum atomic E-state index is 4.68. The molecule has 0 amide bonds. The van der Waals surface area contributed by atoms with Crippen LogP contribution in [0, 0.1) is 6.92 Å². The average molecular weight is 315 g/mol. The van der Waals surface area contributed by atoms with Gasteiger partial charge in [-0.25, -0.2) is 4.98 Å². The Morgan fingerprint density at radius 2 is 1.87 bits per heavy atom. The summed E-state index contributed by atoms with van der Waals surface area (Å²) in [7, 11) is 6.02. The summed E-state index contributed by atoms with van der Waals surface area (Å²) in [6.45, 7) is 6.90. The van der Waals surface area contributed by atoms with Crippen LogP contribution in [0.15, 0.2) is 18.3 Å². The molecule has 0 spiro atoms. The van der Waals surface area contributed by atoms with E-state index in [-0.39, 0.29) is 0 Å². The van der Waals surface area contributed by atoms with Crippen LogP contribution in [-0.4, -0.2) is 64.9 Å². The van der Waals surface area contributed by atoms with Gasteiger partial charge in [-0.2, -0.15) is 10.1 Å². The molecule has 1 saturated heterocycles. The zero-order valence-corrected chi connectivity index (χ0v) is 14.4. The van der Waals surface area contributed by atoms with Crippen LogP contribution in [0.1, 0.15) is 11.4 Å². The van der Waals surface area contributed by atoms with Crippen molar-refractivity contribution in [2.24, 2.45) is 7.05 Å². The normalized spacial score (nSPS) is 15.9. The van der Waals surface area contributed by atoms with E-state index in [0.717, 1.165) is 50.2 Å². The summed E-state index contributed by atoms with van der Waals surface area (Å²) in [5.41, 5.74) is 2.26. The molecule has 0 unspecified atom stereocenters. The van der Waals surface area contributed by atoms with Gasteiger partial charge in [0.05, 0.1) is 5.69 Å². The van der Waals surface area contributed by atoms with Crippen LogP contribution >= 0.6 is 0 Å². The van der Waals surface area contributed by atoms with Crippen molar-refractivity contribution in [3.63, 3.8) is 0 Å².